The molecule has 0 amide bonds. The summed E-state index contributed by atoms with van der Waals surface area (Å²) in [5, 5.41) is 5.06. The summed E-state index contributed by atoms with van der Waals surface area (Å²) < 4.78 is 44.9. The Labute approximate surface area is 78.3 Å². The molecule has 0 saturated carbocycles. The molecule has 1 atom stereocenters. The molecule has 2 N–H and O–H groups in total. The number of rotatable bonds is 3. The molecule has 0 bridgehead atoms. The molecule has 0 saturated heterocycles. The van der Waals surface area contributed by atoms with Gasteiger partial charge in [-0.3, -0.25) is 0 Å². The largest absolute Gasteiger partial charge is 0.598 e. The quantitative estimate of drug-likeness (QED) is 0.577. The third kappa shape index (κ3) is 5.95. The van der Waals surface area contributed by atoms with Gasteiger partial charge in [-0.05, 0) is 19.9 Å². The van der Waals surface area contributed by atoms with Gasteiger partial charge in [-0.2, -0.15) is 18.3 Å². The fourth-order valence-corrected chi connectivity index (χ4v) is 0.774. The molecular weight excluding hydrogens is 203 g/mol. The first-order valence-corrected chi connectivity index (χ1v) is 4.77. The molecule has 0 aromatic heterocycles. The van der Waals surface area contributed by atoms with E-state index in [0.717, 1.165) is 6.08 Å². The summed E-state index contributed by atoms with van der Waals surface area (Å²) >= 11 is -1.66. The molecule has 0 radical (unpaired) electrons. The van der Waals surface area contributed by atoms with Gasteiger partial charge >= 0.3 is 6.18 Å². The van der Waals surface area contributed by atoms with Gasteiger partial charge in [0, 0.05) is 11.4 Å². The van der Waals surface area contributed by atoms with Crippen LogP contribution < -0.4 is 5.14 Å². The molecule has 0 rings (SSSR count). The lowest BCUT2D eigenvalue weighted by Gasteiger charge is -2.20. The molecule has 1 unspecified atom stereocenters. The highest BCUT2D eigenvalue weighted by Crippen LogP contribution is 2.22. The van der Waals surface area contributed by atoms with E-state index in [-0.39, 0.29) is 0 Å². The second kappa shape index (κ2) is 4.34. The van der Waals surface area contributed by atoms with Crippen molar-refractivity contribution >= 4 is 11.4 Å². The van der Waals surface area contributed by atoms with Gasteiger partial charge in [0.2, 0.25) is 0 Å². The van der Waals surface area contributed by atoms with Crippen LogP contribution in [0.5, 0.6) is 0 Å². The normalized spacial score (nSPS) is 16.5. The van der Waals surface area contributed by atoms with Gasteiger partial charge in [0.05, 0.1) is 6.42 Å². The maximum atomic E-state index is 11.7. The number of halogens is 3. The summed E-state index contributed by atoms with van der Waals surface area (Å²) in [5.41, 5.74) is 0. The van der Waals surface area contributed by atoms with Crippen LogP contribution in [0.1, 0.15) is 20.3 Å². The molecule has 0 spiro atoms. The van der Waals surface area contributed by atoms with E-state index < -0.39 is 28.7 Å². The maximum absolute atomic E-state index is 11.7. The van der Waals surface area contributed by atoms with Crippen LogP contribution in [0.25, 0.3) is 0 Å². The lowest BCUT2D eigenvalue weighted by atomic mass is 10.2. The third-order valence-electron chi connectivity index (χ3n) is 1.39. The number of allylic oxidation sites excluding steroid dienone is 1. The minimum absolute atomic E-state index is 0.911. The Balaban J connectivity index is 4.12. The molecule has 0 aromatic carbocycles. The number of alkyl halides is 3. The molecule has 0 aliphatic rings. The average molecular weight is 215 g/mol. The van der Waals surface area contributed by atoms with E-state index in [2.05, 4.69) is 0 Å². The maximum Gasteiger partial charge on any atom is 0.392 e. The third-order valence-corrected chi connectivity index (χ3v) is 2.56. The van der Waals surface area contributed by atoms with Gasteiger partial charge in [-0.1, -0.05) is 6.08 Å². The molecule has 78 valence electrons. The fourth-order valence-electron chi connectivity index (χ4n) is 0.543. The molecule has 0 heterocycles. The first-order valence-electron chi connectivity index (χ1n) is 3.56. The van der Waals surface area contributed by atoms with Gasteiger partial charge in [0.25, 0.3) is 0 Å². The Morgan fingerprint density at radius 2 is 1.85 bits per heavy atom. The number of nitrogens with two attached hydrogens (primary N) is 1. The van der Waals surface area contributed by atoms with Crippen LogP contribution in [0.4, 0.5) is 13.2 Å². The highest BCUT2D eigenvalue weighted by molar-refractivity contribution is 7.90. The van der Waals surface area contributed by atoms with Crippen molar-refractivity contribution in [2.45, 2.75) is 31.2 Å². The van der Waals surface area contributed by atoms with E-state index in [0.29, 0.717) is 0 Å². The van der Waals surface area contributed by atoms with Crippen LogP contribution in [0, 0.1) is 0 Å². The van der Waals surface area contributed by atoms with Gasteiger partial charge in [0.1, 0.15) is 0 Å². The standard InChI is InChI=1S/C7H12F3NOS/c1-6(2,13(11)12)4-3-5-7(8,9)10/h3-4H,5,11H2,1-2H3. The topological polar surface area (TPSA) is 49.1 Å². The van der Waals surface area contributed by atoms with Crippen molar-refractivity contribution in [3.63, 3.8) is 0 Å². The minimum atomic E-state index is -4.22. The van der Waals surface area contributed by atoms with Crippen LogP contribution in [0.15, 0.2) is 12.2 Å². The first kappa shape index (κ1) is 12.8. The van der Waals surface area contributed by atoms with Crippen molar-refractivity contribution in [1.29, 1.82) is 0 Å². The molecular formula is C7H12F3NOS. The zero-order chi connectivity index (χ0) is 10.7. The van der Waals surface area contributed by atoms with Crippen LogP contribution >= 0.6 is 0 Å². The zero-order valence-corrected chi connectivity index (χ0v) is 8.21. The summed E-state index contributed by atoms with van der Waals surface area (Å²) in [6, 6.07) is 0. The number of hydrogen-bond donors (Lipinski definition) is 1. The van der Waals surface area contributed by atoms with Crippen molar-refractivity contribution in [2.75, 3.05) is 0 Å². The molecule has 6 heteroatoms. The van der Waals surface area contributed by atoms with E-state index in [4.69, 9.17) is 5.14 Å². The van der Waals surface area contributed by atoms with Crippen LogP contribution in [0.3, 0.4) is 0 Å². The van der Waals surface area contributed by atoms with Crippen molar-refractivity contribution in [2.24, 2.45) is 5.14 Å². The second-order valence-electron chi connectivity index (χ2n) is 3.12. The summed E-state index contributed by atoms with van der Waals surface area (Å²) in [6.45, 7) is 3.02. The highest BCUT2D eigenvalue weighted by atomic mass is 32.2. The van der Waals surface area contributed by atoms with E-state index in [1.165, 1.54) is 19.9 Å². The molecule has 13 heavy (non-hydrogen) atoms. The Hall–Kier alpha value is -0.200. The average Bonchev–Trinajstić information content (AvgIpc) is 1.82. The summed E-state index contributed by atoms with van der Waals surface area (Å²) in [5.74, 6) is 0. The Kier molecular flexibility index (Phi) is 4.28. The lowest BCUT2D eigenvalue weighted by Crippen LogP contribution is -2.35. The van der Waals surface area contributed by atoms with Crippen molar-refractivity contribution in [3.8, 4) is 0 Å². The van der Waals surface area contributed by atoms with Crippen LogP contribution in [-0.4, -0.2) is 15.5 Å². The summed E-state index contributed by atoms with van der Waals surface area (Å²) in [6.07, 6.45) is -3.09. The van der Waals surface area contributed by atoms with E-state index in [1.807, 2.05) is 0 Å². The van der Waals surface area contributed by atoms with Gasteiger partial charge in [0.15, 0.2) is 4.75 Å². The minimum Gasteiger partial charge on any atom is -0.598 e. The van der Waals surface area contributed by atoms with Crippen molar-refractivity contribution in [1.82, 2.24) is 0 Å². The molecule has 0 aromatic rings. The zero-order valence-electron chi connectivity index (χ0n) is 7.39. The van der Waals surface area contributed by atoms with Crippen molar-refractivity contribution in [3.05, 3.63) is 12.2 Å². The van der Waals surface area contributed by atoms with E-state index in [1.54, 1.807) is 0 Å². The van der Waals surface area contributed by atoms with Gasteiger partial charge < -0.3 is 4.55 Å². The second-order valence-corrected chi connectivity index (χ2v) is 4.77. The number of hydrogen-bond acceptors (Lipinski definition) is 2. The molecule has 0 fully saturated rings. The molecule has 0 aliphatic heterocycles. The molecule has 0 aliphatic carbocycles. The molecule has 2 nitrogen and oxygen atoms in total. The smallest absolute Gasteiger partial charge is 0.392 e. The Morgan fingerprint density at radius 3 is 2.15 bits per heavy atom. The summed E-state index contributed by atoms with van der Waals surface area (Å²) in [4.78, 5) is 0. The van der Waals surface area contributed by atoms with Crippen LogP contribution in [-0.2, 0) is 11.4 Å². The van der Waals surface area contributed by atoms with E-state index in [9.17, 15) is 17.7 Å². The lowest BCUT2D eigenvalue weighted by molar-refractivity contribution is -0.125. The Bertz CT molecular complexity index is 189. The highest BCUT2D eigenvalue weighted by Gasteiger charge is 2.28. The Morgan fingerprint density at radius 1 is 1.38 bits per heavy atom. The van der Waals surface area contributed by atoms with Crippen LogP contribution in [0.2, 0.25) is 0 Å². The predicted molar refractivity (Wildman–Crippen MR) is 46.2 cm³/mol. The SMILES string of the molecule is CC(C)(C=CCC(F)(F)F)[S+](N)[O-]. The van der Waals surface area contributed by atoms with Crippen molar-refractivity contribution < 1.29 is 17.7 Å². The summed E-state index contributed by atoms with van der Waals surface area (Å²) in [7, 11) is 0. The fraction of sp³-hybridized carbons (Fsp3) is 0.714. The first-order chi connectivity index (χ1) is 5.65. The van der Waals surface area contributed by atoms with Gasteiger partial charge in [-0.15, -0.1) is 0 Å². The monoisotopic (exact) mass is 215 g/mol. The predicted octanol–water partition coefficient (Wildman–Crippen LogP) is 1.90. The van der Waals surface area contributed by atoms with Gasteiger partial charge in [-0.25, -0.2) is 0 Å². The van der Waals surface area contributed by atoms with E-state index >= 15 is 0 Å².